The number of rotatable bonds is 5. The predicted octanol–water partition coefficient (Wildman–Crippen LogP) is 4.48. The molecule has 0 saturated carbocycles. The molecule has 0 radical (unpaired) electrons. The summed E-state index contributed by atoms with van der Waals surface area (Å²) in [6, 6.07) is 11.2. The van der Waals surface area contributed by atoms with Gasteiger partial charge in [0.1, 0.15) is 17.4 Å². The number of carbonyl (C=O) groups is 1. The quantitative estimate of drug-likeness (QED) is 0.597. The standard InChI is InChI=1S/C19H16F3N3O2/c1-12-6-7-17(27-2)16(8-12)24-11-13(10-23)18(26)25-15-5-3-4-14(9-15)19(20,21)22/h3-9,11,24H,1-2H3,(H,25,26)/b13-11-. The number of nitrogens with one attached hydrogen (secondary N) is 2. The molecule has 8 heteroatoms. The first-order valence-electron chi connectivity index (χ1n) is 7.74. The molecule has 0 aliphatic heterocycles. The molecular formula is C19H16F3N3O2. The number of nitriles is 1. The fourth-order valence-electron chi connectivity index (χ4n) is 2.20. The number of carbonyl (C=O) groups excluding carboxylic acids is 1. The SMILES string of the molecule is COc1ccc(C)cc1N/C=C(/C#N)C(=O)Nc1cccc(C(F)(F)F)c1. The van der Waals surface area contributed by atoms with Crippen molar-refractivity contribution in [2.45, 2.75) is 13.1 Å². The Hall–Kier alpha value is -3.47. The van der Waals surface area contributed by atoms with Crippen LogP contribution in [-0.4, -0.2) is 13.0 Å². The smallest absolute Gasteiger partial charge is 0.416 e. The molecule has 0 saturated heterocycles. The number of aryl methyl sites for hydroxylation is 1. The number of alkyl halides is 3. The number of anilines is 2. The average Bonchev–Trinajstić information content (AvgIpc) is 2.62. The van der Waals surface area contributed by atoms with Crippen molar-refractivity contribution < 1.29 is 22.7 Å². The van der Waals surface area contributed by atoms with Crippen molar-refractivity contribution >= 4 is 17.3 Å². The van der Waals surface area contributed by atoms with E-state index in [4.69, 9.17) is 4.74 Å². The highest BCUT2D eigenvalue weighted by atomic mass is 19.4. The molecule has 0 aromatic heterocycles. The van der Waals surface area contributed by atoms with Crippen LogP contribution in [0.3, 0.4) is 0 Å². The van der Waals surface area contributed by atoms with Crippen LogP contribution in [0.25, 0.3) is 0 Å². The van der Waals surface area contributed by atoms with E-state index in [0.29, 0.717) is 11.4 Å². The van der Waals surface area contributed by atoms with Gasteiger partial charge in [0.25, 0.3) is 5.91 Å². The van der Waals surface area contributed by atoms with Crippen molar-refractivity contribution in [2.75, 3.05) is 17.7 Å². The van der Waals surface area contributed by atoms with Crippen LogP contribution in [0.1, 0.15) is 11.1 Å². The second-order valence-corrected chi connectivity index (χ2v) is 5.55. The third kappa shape index (κ3) is 5.25. The fourth-order valence-corrected chi connectivity index (χ4v) is 2.20. The monoisotopic (exact) mass is 375 g/mol. The molecule has 140 valence electrons. The Morgan fingerprint density at radius 1 is 1.22 bits per heavy atom. The molecule has 0 aliphatic carbocycles. The Morgan fingerprint density at radius 2 is 1.96 bits per heavy atom. The number of halogens is 3. The summed E-state index contributed by atoms with van der Waals surface area (Å²) >= 11 is 0. The van der Waals surface area contributed by atoms with Crippen LogP contribution >= 0.6 is 0 Å². The van der Waals surface area contributed by atoms with E-state index >= 15 is 0 Å². The molecule has 2 N–H and O–H groups in total. The fraction of sp³-hybridized carbons (Fsp3) is 0.158. The zero-order valence-corrected chi connectivity index (χ0v) is 14.5. The molecule has 0 heterocycles. The minimum atomic E-state index is -4.53. The van der Waals surface area contributed by atoms with E-state index in [2.05, 4.69) is 10.6 Å². The van der Waals surface area contributed by atoms with Gasteiger partial charge in [-0.1, -0.05) is 12.1 Å². The maximum atomic E-state index is 12.7. The van der Waals surface area contributed by atoms with Gasteiger partial charge < -0.3 is 15.4 Å². The maximum absolute atomic E-state index is 12.7. The van der Waals surface area contributed by atoms with Gasteiger partial charge >= 0.3 is 6.18 Å². The van der Waals surface area contributed by atoms with Gasteiger partial charge in [0.15, 0.2) is 0 Å². The largest absolute Gasteiger partial charge is 0.495 e. The highest BCUT2D eigenvalue weighted by Crippen LogP contribution is 2.30. The number of benzene rings is 2. The van der Waals surface area contributed by atoms with E-state index < -0.39 is 17.6 Å². The molecule has 0 unspecified atom stereocenters. The Morgan fingerprint density at radius 3 is 2.59 bits per heavy atom. The van der Waals surface area contributed by atoms with Gasteiger partial charge in [-0.3, -0.25) is 4.79 Å². The van der Waals surface area contributed by atoms with Crippen molar-refractivity contribution in [3.05, 3.63) is 65.4 Å². The second kappa shape index (κ2) is 8.27. The lowest BCUT2D eigenvalue weighted by atomic mass is 10.2. The molecule has 0 aliphatic rings. The first-order chi connectivity index (χ1) is 12.7. The number of nitrogens with zero attached hydrogens (tertiary/aromatic N) is 1. The van der Waals surface area contributed by atoms with Gasteiger partial charge in [-0.25, -0.2) is 0 Å². The second-order valence-electron chi connectivity index (χ2n) is 5.55. The van der Waals surface area contributed by atoms with Gasteiger partial charge in [-0.2, -0.15) is 18.4 Å². The topological polar surface area (TPSA) is 74.1 Å². The molecule has 2 aromatic rings. The predicted molar refractivity (Wildman–Crippen MR) is 95.1 cm³/mol. The number of hydrogen-bond acceptors (Lipinski definition) is 4. The van der Waals surface area contributed by atoms with E-state index in [1.54, 1.807) is 18.2 Å². The zero-order valence-electron chi connectivity index (χ0n) is 14.5. The minimum Gasteiger partial charge on any atom is -0.495 e. The van der Waals surface area contributed by atoms with Gasteiger partial charge in [-0.05, 0) is 42.8 Å². The van der Waals surface area contributed by atoms with Crippen LogP contribution in [0.5, 0.6) is 5.75 Å². The Labute approximate surface area is 154 Å². The lowest BCUT2D eigenvalue weighted by Crippen LogP contribution is -2.15. The van der Waals surface area contributed by atoms with Gasteiger partial charge in [0.2, 0.25) is 0 Å². The van der Waals surface area contributed by atoms with Crippen LogP contribution in [0.2, 0.25) is 0 Å². The lowest BCUT2D eigenvalue weighted by Gasteiger charge is -2.11. The van der Waals surface area contributed by atoms with E-state index in [1.165, 1.54) is 25.4 Å². The van der Waals surface area contributed by atoms with Crippen molar-refractivity contribution in [1.29, 1.82) is 5.26 Å². The highest BCUT2D eigenvalue weighted by Gasteiger charge is 2.30. The third-order valence-electron chi connectivity index (χ3n) is 3.54. The van der Waals surface area contributed by atoms with Gasteiger partial charge in [-0.15, -0.1) is 0 Å². The van der Waals surface area contributed by atoms with E-state index in [9.17, 15) is 23.2 Å². The van der Waals surface area contributed by atoms with Crippen molar-refractivity contribution in [2.24, 2.45) is 0 Å². The zero-order chi connectivity index (χ0) is 20.0. The molecule has 2 aromatic carbocycles. The number of ether oxygens (including phenoxy) is 1. The third-order valence-corrected chi connectivity index (χ3v) is 3.54. The van der Waals surface area contributed by atoms with Crippen molar-refractivity contribution in [1.82, 2.24) is 0 Å². The molecule has 2 rings (SSSR count). The number of hydrogen-bond donors (Lipinski definition) is 2. The van der Waals surface area contributed by atoms with Crippen molar-refractivity contribution in [3.63, 3.8) is 0 Å². The highest BCUT2D eigenvalue weighted by molar-refractivity contribution is 6.06. The molecule has 27 heavy (non-hydrogen) atoms. The van der Waals surface area contributed by atoms with Gasteiger partial charge in [0.05, 0.1) is 18.4 Å². The maximum Gasteiger partial charge on any atom is 0.416 e. The minimum absolute atomic E-state index is 0.0656. The Balaban J connectivity index is 2.18. The summed E-state index contributed by atoms with van der Waals surface area (Å²) in [5, 5.41) is 14.3. The summed E-state index contributed by atoms with van der Waals surface area (Å²) in [6.45, 7) is 1.86. The van der Waals surface area contributed by atoms with E-state index in [-0.39, 0.29) is 11.3 Å². The molecule has 5 nitrogen and oxygen atoms in total. The van der Waals surface area contributed by atoms with Crippen molar-refractivity contribution in [3.8, 4) is 11.8 Å². The van der Waals surface area contributed by atoms with Crippen LogP contribution in [0.4, 0.5) is 24.5 Å². The van der Waals surface area contributed by atoms with Crippen LogP contribution in [-0.2, 0) is 11.0 Å². The number of amides is 1. The molecule has 0 bridgehead atoms. The number of methoxy groups -OCH3 is 1. The summed E-state index contributed by atoms with van der Waals surface area (Å²) in [4.78, 5) is 12.2. The Bertz CT molecular complexity index is 915. The molecular weight excluding hydrogens is 359 g/mol. The summed E-state index contributed by atoms with van der Waals surface area (Å²) in [5.41, 5.74) is 0.196. The van der Waals surface area contributed by atoms with Gasteiger partial charge in [0, 0.05) is 11.9 Å². The molecule has 0 fully saturated rings. The molecule has 0 atom stereocenters. The first-order valence-corrected chi connectivity index (χ1v) is 7.74. The lowest BCUT2D eigenvalue weighted by molar-refractivity contribution is -0.137. The van der Waals surface area contributed by atoms with E-state index in [0.717, 1.165) is 17.7 Å². The van der Waals surface area contributed by atoms with Crippen LogP contribution in [0.15, 0.2) is 54.2 Å². The van der Waals surface area contributed by atoms with Crippen LogP contribution in [0, 0.1) is 18.3 Å². The Kier molecular flexibility index (Phi) is 6.08. The molecule has 1 amide bonds. The summed E-state index contributed by atoms with van der Waals surface area (Å²) < 4.78 is 43.4. The average molecular weight is 375 g/mol. The van der Waals surface area contributed by atoms with Crippen LogP contribution < -0.4 is 15.4 Å². The summed E-state index contributed by atoms with van der Waals surface area (Å²) in [7, 11) is 1.48. The normalized spacial score (nSPS) is 11.5. The summed E-state index contributed by atoms with van der Waals surface area (Å²) in [6.07, 6.45) is -3.36. The molecule has 0 spiro atoms. The summed E-state index contributed by atoms with van der Waals surface area (Å²) in [5.74, 6) is -0.330. The first kappa shape index (κ1) is 19.8. The van der Waals surface area contributed by atoms with E-state index in [1.807, 2.05) is 13.0 Å².